The molecule has 3 N–H and O–H groups in total. The highest BCUT2D eigenvalue weighted by atomic mass is 19.4. The number of nitrogens with one attached hydrogen (secondary N) is 2. The molecule has 20 heavy (non-hydrogen) atoms. The van der Waals surface area contributed by atoms with Gasteiger partial charge in [-0.3, -0.25) is 10.1 Å². The molecule has 0 saturated carbocycles. The quantitative estimate of drug-likeness (QED) is 0.569. The SMILES string of the molecule is COCCCNC(=O)C(C)NC(C)(C(=O)O)C(F)(F)F. The molecule has 0 fully saturated rings. The van der Waals surface area contributed by atoms with Crippen molar-refractivity contribution in [1.82, 2.24) is 10.6 Å². The standard InChI is InChI=1S/C11H19F3N2O4/c1-7(8(17)15-5-4-6-20-3)16-10(2,9(18)19)11(12,13)14/h7,16H,4-6H2,1-3H3,(H,15,17)(H,18,19). The minimum Gasteiger partial charge on any atom is -0.480 e. The highest BCUT2D eigenvalue weighted by Crippen LogP contribution is 2.30. The molecule has 0 rings (SSSR count). The lowest BCUT2D eigenvalue weighted by Crippen LogP contribution is -2.64. The number of carboxylic acid groups (broad SMARTS) is 1. The molecule has 9 heteroatoms. The van der Waals surface area contributed by atoms with Crippen LogP contribution in [-0.2, 0) is 14.3 Å². The van der Waals surface area contributed by atoms with Gasteiger partial charge in [0.15, 0.2) is 0 Å². The predicted molar refractivity (Wildman–Crippen MR) is 64.2 cm³/mol. The lowest BCUT2D eigenvalue weighted by molar-refractivity contribution is -0.207. The van der Waals surface area contributed by atoms with Gasteiger partial charge in [-0.2, -0.15) is 13.2 Å². The lowest BCUT2D eigenvalue weighted by atomic mass is 10.0. The first-order valence-corrected chi connectivity index (χ1v) is 5.90. The average Bonchev–Trinajstić information content (AvgIpc) is 2.32. The molecule has 0 bridgehead atoms. The lowest BCUT2D eigenvalue weighted by Gasteiger charge is -2.31. The fourth-order valence-electron chi connectivity index (χ4n) is 1.34. The van der Waals surface area contributed by atoms with Gasteiger partial charge in [-0.25, -0.2) is 4.79 Å². The zero-order chi connectivity index (χ0) is 16.0. The molecule has 0 saturated heterocycles. The summed E-state index contributed by atoms with van der Waals surface area (Å²) >= 11 is 0. The van der Waals surface area contributed by atoms with Crippen LogP contribution in [-0.4, -0.2) is 55.0 Å². The highest BCUT2D eigenvalue weighted by Gasteiger charge is 2.58. The number of carbonyl (C=O) groups excluding carboxylic acids is 1. The van der Waals surface area contributed by atoms with Crippen molar-refractivity contribution in [1.29, 1.82) is 0 Å². The highest BCUT2D eigenvalue weighted by molar-refractivity contribution is 5.84. The van der Waals surface area contributed by atoms with E-state index < -0.39 is 29.6 Å². The van der Waals surface area contributed by atoms with Gasteiger partial charge in [0.1, 0.15) is 0 Å². The normalized spacial score (nSPS) is 16.3. The predicted octanol–water partition coefficient (Wildman–Crippen LogP) is 0.523. The van der Waals surface area contributed by atoms with E-state index in [1.807, 2.05) is 0 Å². The molecule has 0 aromatic heterocycles. The van der Waals surface area contributed by atoms with E-state index in [1.54, 1.807) is 5.32 Å². The summed E-state index contributed by atoms with van der Waals surface area (Å²) in [6.45, 7) is 2.27. The summed E-state index contributed by atoms with van der Waals surface area (Å²) in [5.41, 5.74) is -3.18. The van der Waals surface area contributed by atoms with Crippen LogP contribution in [0.1, 0.15) is 20.3 Å². The van der Waals surface area contributed by atoms with Gasteiger partial charge >= 0.3 is 12.1 Å². The fourth-order valence-corrected chi connectivity index (χ4v) is 1.34. The summed E-state index contributed by atoms with van der Waals surface area (Å²) in [4.78, 5) is 22.4. The van der Waals surface area contributed by atoms with Crippen molar-refractivity contribution in [3.63, 3.8) is 0 Å². The van der Waals surface area contributed by atoms with Crippen molar-refractivity contribution in [3.8, 4) is 0 Å². The summed E-state index contributed by atoms with van der Waals surface area (Å²) in [6, 6.07) is -1.31. The molecule has 118 valence electrons. The van der Waals surface area contributed by atoms with Gasteiger partial charge in [-0.15, -0.1) is 0 Å². The molecule has 1 amide bonds. The Bertz CT molecular complexity index is 349. The molecule has 0 heterocycles. The number of aliphatic carboxylic acids is 1. The molecule has 0 aromatic rings. The maximum absolute atomic E-state index is 12.7. The number of hydrogen-bond acceptors (Lipinski definition) is 4. The van der Waals surface area contributed by atoms with E-state index in [0.717, 1.165) is 0 Å². The van der Waals surface area contributed by atoms with Crippen molar-refractivity contribution in [2.24, 2.45) is 0 Å². The molecule has 0 aliphatic heterocycles. The maximum atomic E-state index is 12.7. The smallest absolute Gasteiger partial charge is 0.417 e. The van der Waals surface area contributed by atoms with Gasteiger partial charge in [0.05, 0.1) is 6.04 Å². The van der Waals surface area contributed by atoms with Gasteiger partial charge in [0.2, 0.25) is 11.4 Å². The third-order valence-electron chi connectivity index (χ3n) is 2.72. The first-order valence-electron chi connectivity index (χ1n) is 5.90. The number of carbonyl (C=O) groups is 2. The molecule has 0 aliphatic carbocycles. The summed E-state index contributed by atoms with van der Waals surface area (Å²) in [6.07, 6.45) is -4.52. The Morgan fingerprint density at radius 1 is 1.35 bits per heavy atom. The monoisotopic (exact) mass is 300 g/mol. The Labute approximate surface area is 114 Å². The average molecular weight is 300 g/mol. The largest absolute Gasteiger partial charge is 0.480 e. The Balaban J connectivity index is 4.58. The molecule has 2 atom stereocenters. The van der Waals surface area contributed by atoms with E-state index in [4.69, 9.17) is 9.84 Å². The van der Waals surface area contributed by atoms with Crippen molar-refractivity contribution < 1.29 is 32.6 Å². The van der Waals surface area contributed by atoms with Crippen molar-refractivity contribution >= 4 is 11.9 Å². The minimum absolute atomic E-state index is 0.231. The molecule has 2 unspecified atom stereocenters. The Morgan fingerprint density at radius 3 is 2.30 bits per heavy atom. The molecular formula is C11H19F3N2O4. The van der Waals surface area contributed by atoms with Crippen LogP contribution < -0.4 is 10.6 Å². The second-order valence-electron chi connectivity index (χ2n) is 4.43. The van der Waals surface area contributed by atoms with Crippen molar-refractivity contribution in [3.05, 3.63) is 0 Å². The van der Waals surface area contributed by atoms with Crippen LogP contribution >= 0.6 is 0 Å². The number of ether oxygens (including phenoxy) is 1. The Kier molecular flexibility index (Phi) is 6.94. The van der Waals surface area contributed by atoms with E-state index >= 15 is 0 Å². The topological polar surface area (TPSA) is 87.7 Å². The molecule has 0 aliphatic rings. The summed E-state index contributed by atoms with van der Waals surface area (Å²) < 4.78 is 43.0. The van der Waals surface area contributed by atoms with E-state index in [9.17, 15) is 22.8 Å². The molecular weight excluding hydrogens is 281 g/mol. The second-order valence-corrected chi connectivity index (χ2v) is 4.43. The third-order valence-corrected chi connectivity index (χ3v) is 2.72. The molecule has 0 spiro atoms. The van der Waals surface area contributed by atoms with Crippen LogP contribution in [0.25, 0.3) is 0 Å². The van der Waals surface area contributed by atoms with Crippen molar-refractivity contribution in [2.45, 2.75) is 38.0 Å². The molecule has 0 aromatic carbocycles. The summed E-state index contributed by atoms with van der Waals surface area (Å²) in [5, 5.41) is 12.9. The number of carboxylic acids is 1. The third kappa shape index (κ3) is 4.97. The van der Waals surface area contributed by atoms with Crippen LogP contribution in [0.2, 0.25) is 0 Å². The van der Waals surface area contributed by atoms with Crippen LogP contribution in [0.4, 0.5) is 13.2 Å². The van der Waals surface area contributed by atoms with Gasteiger partial charge in [0, 0.05) is 20.3 Å². The van der Waals surface area contributed by atoms with Crippen molar-refractivity contribution in [2.75, 3.05) is 20.3 Å². The van der Waals surface area contributed by atoms with Crippen LogP contribution in [0, 0.1) is 0 Å². The number of methoxy groups -OCH3 is 1. The van der Waals surface area contributed by atoms with Gasteiger partial charge in [0.25, 0.3) is 0 Å². The maximum Gasteiger partial charge on any atom is 0.417 e. The number of alkyl halides is 3. The van der Waals surface area contributed by atoms with Crippen LogP contribution in [0.3, 0.4) is 0 Å². The first-order chi connectivity index (χ1) is 9.06. The van der Waals surface area contributed by atoms with Crippen LogP contribution in [0.15, 0.2) is 0 Å². The van der Waals surface area contributed by atoms with E-state index in [2.05, 4.69) is 5.32 Å². The van der Waals surface area contributed by atoms with E-state index in [0.29, 0.717) is 20.0 Å². The first kappa shape index (κ1) is 18.7. The number of halogens is 3. The van der Waals surface area contributed by atoms with E-state index in [-0.39, 0.29) is 6.54 Å². The Hall–Kier alpha value is -1.35. The zero-order valence-electron chi connectivity index (χ0n) is 11.5. The number of amides is 1. The van der Waals surface area contributed by atoms with Gasteiger partial charge < -0.3 is 15.2 Å². The van der Waals surface area contributed by atoms with Crippen LogP contribution in [0.5, 0.6) is 0 Å². The summed E-state index contributed by atoms with van der Waals surface area (Å²) in [7, 11) is 1.48. The minimum atomic E-state index is -5.02. The van der Waals surface area contributed by atoms with Gasteiger partial charge in [-0.1, -0.05) is 0 Å². The number of hydrogen-bond donors (Lipinski definition) is 3. The zero-order valence-corrected chi connectivity index (χ0v) is 11.5. The fraction of sp³-hybridized carbons (Fsp3) is 0.818. The number of rotatable bonds is 8. The van der Waals surface area contributed by atoms with Gasteiger partial charge in [-0.05, 0) is 20.3 Å². The second kappa shape index (κ2) is 7.44. The summed E-state index contributed by atoms with van der Waals surface area (Å²) in [5.74, 6) is -2.80. The Morgan fingerprint density at radius 2 is 1.90 bits per heavy atom. The van der Waals surface area contributed by atoms with E-state index in [1.165, 1.54) is 14.0 Å². The molecule has 0 radical (unpaired) electrons. The molecule has 6 nitrogen and oxygen atoms in total.